The molecule has 88 valence electrons. The van der Waals surface area contributed by atoms with E-state index in [2.05, 4.69) is 9.97 Å². The van der Waals surface area contributed by atoms with Crippen molar-refractivity contribution in [2.75, 3.05) is 0 Å². The molecule has 2 N–H and O–H groups in total. The summed E-state index contributed by atoms with van der Waals surface area (Å²) < 4.78 is 0. The number of aromatic amines is 1. The highest BCUT2D eigenvalue weighted by Gasteiger charge is 2.67. The maximum absolute atomic E-state index is 11.5. The van der Waals surface area contributed by atoms with Gasteiger partial charge in [0.2, 0.25) is 0 Å². The van der Waals surface area contributed by atoms with Gasteiger partial charge in [-0.05, 0) is 29.5 Å². The number of benzene rings is 1. The Hall–Kier alpha value is -1.84. The second-order valence-corrected chi connectivity index (χ2v) is 5.41. The number of aromatic nitrogens is 2. The van der Waals surface area contributed by atoms with Crippen LogP contribution in [0.2, 0.25) is 0 Å². The van der Waals surface area contributed by atoms with E-state index in [1.54, 1.807) is 6.33 Å². The first-order valence-electron chi connectivity index (χ1n) is 5.64. The average Bonchev–Trinajstić information content (AvgIpc) is 2.67. The number of aliphatic carboxylic acids is 1. The van der Waals surface area contributed by atoms with Crippen LogP contribution >= 0.6 is 0 Å². The summed E-state index contributed by atoms with van der Waals surface area (Å²) in [5.41, 5.74) is 1.73. The normalized spacial score (nSPS) is 26.0. The fourth-order valence-electron chi connectivity index (χ4n) is 2.80. The highest BCUT2D eigenvalue weighted by Crippen LogP contribution is 2.64. The van der Waals surface area contributed by atoms with E-state index in [1.165, 1.54) is 0 Å². The van der Waals surface area contributed by atoms with Crippen LogP contribution in [0.3, 0.4) is 0 Å². The largest absolute Gasteiger partial charge is 0.481 e. The lowest BCUT2D eigenvalue weighted by Crippen LogP contribution is -2.25. The Bertz CT molecular complexity index is 615. The number of fused-ring (bicyclic) bond motifs is 1. The number of carboxylic acids is 1. The molecule has 2 aromatic rings. The SMILES string of the molecule is CC1(C)CC1(C(=O)O)c1ccc2nc[nH]c2c1. The van der Waals surface area contributed by atoms with Crippen molar-refractivity contribution in [2.24, 2.45) is 5.41 Å². The van der Waals surface area contributed by atoms with Gasteiger partial charge in [0.25, 0.3) is 0 Å². The van der Waals surface area contributed by atoms with Crippen molar-refractivity contribution in [2.45, 2.75) is 25.7 Å². The van der Waals surface area contributed by atoms with Crippen LogP contribution in [0.1, 0.15) is 25.8 Å². The van der Waals surface area contributed by atoms with Gasteiger partial charge in [-0.2, -0.15) is 0 Å². The third-order valence-corrected chi connectivity index (χ3v) is 4.02. The van der Waals surface area contributed by atoms with E-state index in [0.29, 0.717) is 6.42 Å². The fraction of sp³-hybridized carbons (Fsp3) is 0.385. The Morgan fingerprint density at radius 1 is 1.47 bits per heavy atom. The number of H-pyrrole nitrogens is 1. The van der Waals surface area contributed by atoms with Gasteiger partial charge in [0.15, 0.2) is 0 Å². The molecule has 0 aliphatic heterocycles. The van der Waals surface area contributed by atoms with Crippen LogP contribution in [-0.2, 0) is 10.2 Å². The Kier molecular flexibility index (Phi) is 1.75. The van der Waals surface area contributed by atoms with Crippen molar-refractivity contribution in [3.05, 3.63) is 30.1 Å². The van der Waals surface area contributed by atoms with Gasteiger partial charge < -0.3 is 10.1 Å². The van der Waals surface area contributed by atoms with Gasteiger partial charge in [0.1, 0.15) is 0 Å². The highest BCUT2D eigenvalue weighted by molar-refractivity contribution is 5.89. The molecule has 1 unspecified atom stereocenters. The van der Waals surface area contributed by atoms with E-state index >= 15 is 0 Å². The first-order chi connectivity index (χ1) is 7.97. The predicted molar refractivity (Wildman–Crippen MR) is 63.8 cm³/mol. The Morgan fingerprint density at radius 2 is 2.18 bits per heavy atom. The summed E-state index contributed by atoms with van der Waals surface area (Å²) >= 11 is 0. The van der Waals surface area contributed by atoms with Gasteiger partial charge in [-0.15, -0.1) is 0 Å². The van der Waals surface area contributed by atoms with E-state index in [9.17, 15) is 9.90 Å². The molecule has 1 heterocycles. The predicted octanol–water partition coefficient (Wildman–Crippen LogP) is 2.32. The number of nitrogens with zero attached hydrogens (tertiary/aromatic N) is 1. The smallest absolute Gasteiger partial charge is 0.314 e. The van der Waals surface area contributed by atoms with Crippen LogP contribution in [0.25, 0.3) is 11.0 Å². The number of hydrogen-bond acceptors (Lipinski definition) is 2. The molecule has 3 rings (SSSR count). The molecular formula is C13H14N2O2. The van der Waals surface area contributed by atoms with Crippen molar-refractivity contribution >= 4 is 17.0 Å². The van der Waals surface area contributed by atoms with Crippen LogP contribution in [0.15, 0.2) is 24.5 Å². The van der Waals surface area contributed by atoms with Crippen molar-refractivity contribution in [1.29, 1.82) is 0 Å². The first-order valence-corrected chi connectivity index (χ1v) is 5.64. The summed E-state index contributed by atoms with van der Waals surface area (Å²) in [6.45, 7) is 4.00. The van der Waals surface area contributed by atoms with Gasteiger partial charge in [-0.3, -0.25) is 4.79 Å². The summed E-state index contributed by atoms with van der Waals surface area (Å²) in [4.78, 5) is 18.7. The van der Waals surface area contributed by atoms with E-state index < -0.39 is 11.4 Å². The lowest BCUT2D eigenvalue weighted by atomic mass is 9.88. The minimum absolute atomic E-state index is 0.174. The summed E-state index contributed by atoms with van der Waals surface area (Å²) in [7, 11) is 0. The molecule has 17 heavy (non-hydrogen) atoms. The Morgan fingerprint density at radius 3 is 2.76 bits per heavy atom. The second kappa shape index (κ2) is 2.88. The molecule has 0 amide bonds. The van der Waals surface area contributed by atoms with Gasteiger partial charge in [0.05, 0.1) is 22.8 Å². The van der Waals surface area contributed by atoms with Crippen LogP contribution in [0.5, 0.6) is 0 Å². The molecule has 0 radical (unpaired) electrons. The molecular weight excluding hydrogens is 216 g/mol. The maximum atomic E-state index is 11.5. The number of carbonyl (C=O) groups is 1. The number of rotatable bonds is 2. The summed E-state index contributed by atoms with van der Waals surface area (Å²) in [5.74, 6) is -0.735. The van der Waals surface area contributed by atoms with Gasteiger partial charge in [-0.25, -0.2) is 4.98 Å². The minimum atomic E-state index is -0.735. The molecule has 1 aromatic heterocycles. The van der Waals surface area contributed by atoms with Crippen LogP contribution in [0, 0.1) is 5.41 Å². The van der Waals surface area contributed by atoms with Crippen LogP contribution in [-0.4, -0.2) is 21.0 Å². The van der Waals surface area contributed by atoms with Gasteiger partial charge in [-0.1, -0.05) is 19.9 Å². The molecule has 1 atom stereocenters. The maximum Gasteiger partial charge on any atom is 0.314 e. The van der Waals surface area contributed by atoms with Gasteiger partial charge >= 0.3 is 5.97 Å². The van der Waals surface area contributed by atoms with E-state index in [-0.39, 0.29) is 5.41 Å². The standard InChI is InChI=1S/C13H14N2O2/c1-12(2)6-13(12,11(16)17)8-3-4-9-10(5-8)15-7-14-9/h3-5,7H,6H2,1-2H3,(H,14,15)(H,16,17). The number of hydrogen-bond donors (Lipinski definition) is 2. The minimum Gasteiger partial charge on any atom is -0.481 e. The van der Waals surface area contributed by atoms with Crippen molar-refractivity contribution in [3.63, 3.8) is 0 Å². The number of carboxylic acid groups (broad SMARTS) is 1. The topological polar surface area (TPSA) is 66.0 Å². The third-order valence-electron chi connectivity index (χ3n) is 4.02. The molecule has 1 aliphatic carbocycles. The Balaban J connectivity index is 2.17. The molecule has 1 aromatic carbocycles. The van der Waals surface area contributed by atoms with E-state index in [4.69, 9.17) is 0 Å². The lowest BCUT2D eigenvalue weighted by Gasteiger charge is -2.16. The molecule has 4 nitrogen and oxygen atoms in total. The Labute approximate surface area is 98.7 Å². The summed E-state index contributed by atoms with van der Waals surface area (Å²) in [6.07, 6.45) is 2.31. The summed E-state index contributed by atoms with van der Waals surface area (Å²) in [6, 6.07) is 5.66. The van der Waals surface area contributed by atoms with E-state index in [1.807, 2.05) is 32.0 Å². The second-order valence-electron chi connectivity index (χ2n) is 5.41. The third kappa shape index (κ3) is 1.18. The quantitative estimate of drug-likeness (QED) is 0.832. The van der Waals surface area contributed by atoms with Crippen molar-refractivity contribution in [3.8, 4) is 0 Å². The molecule has 1 saturated carbocycles. The molecule has 0 bridgehead atoms. The molecule has 0 saturated heterocycles. The number of nitrogens with one attached hydrogen (secondary N) is 1. The van der Waals surface area contributed by atoms with Crippen molar-refractivity contribution in [1.82, 2.24) is 9.97 Å². The van der Waals surface area contributed by atoms with E-state index in [0.717, 1.165) is 16.6 Å². The zero-order valence-corrected chi connectivity index (χ0v) is 9.82. The zero-order valence-electron chi connectivity index (χ0n) is 9.82. The molecule has 0 spiro atoms. The monoisotopic (exact) mass is 230 g/mol. The molecule has 4 heteroatoms. The molecule has 1 aliphatic rings. The fourth-order valence-corrected chi connectivity index (χ4v) is 2.80. The number of imidazole rings is 1. The first kappa shape index (κ1) is 10.3. The lowest BCUT2D eigenvalue weighted by molar-refractivity contribution is -0.141. The highest BCUT2D eigenvalue weighted by atomic mass is 16.4. The average molecular weight is 230 g/mol. The van der Waals surface area contributed by atoms with Crippen LogP contribution < -0.4 is 0 Å². The van der Waals surface area contributed by atoms with Crippen LogP contribution in [0.4, 0.5) is 0 Å². The van der Waals surface area contributed by atoms with Gasteiger partial charge in [0, 0.05) is 0 Å². The van der Waals surface area contributed by atoms with Crippen molar-refractivity contribution < 1.29 is 9.90 Å². The molecule has 1 fully saturated rings. The summed E-state index contributed by atoms with van der Waals surface area (Å²) in [5, 5.41) is 9.49. The zero-order chi connectivity index (χ0) is 12.3.